The normalized spacial score (nSPS) is 28.4. The van der Waals surface area contributed by atoms with Gasteiger partial charge >= 0.3 is 0 Å². The smallest absolute Gasteiger partial charge is 0.169 e. The minimum Gasteiger partial charge on any atom is -0.380 e. The standard InChI is InChI=1S/C10H13ClN4O/c11-9-2-8(10(12)14-13-9)15-3-6-1-7(4-15)16-5-6/h2,6-7H,1,3-5H2,(H2,12,14). The molecule has 2 atom stereocenters. The molecule has 6 heteroatoms. The summed E-state index contributed by atoms with van der Waals surface area (Å²) in [5, 5.41) is 7.94. The number of anilines is 2. The third-order valence-corrected chi connectivity index (χ3v) is 3.36. The zero-order valence-corrected chi connectivity index (χ0v) is 9.52. The Morgan fingerprint density at radius 3 is 3.12 bits per heavy atom. The number of nitrogens with zero attached hydrogens (tertiary/aromatic N) is 3. The number of hydrogen-bond donors (Lipinski definition) is 1. The fourth-order valence-electron chi connectivity index (χ4n) is 2.49. The van der Waals surface area contributed by atoms with Crippen molar-refractivity contribution in [3.8, 4) is 0 Å². The van der Waals surface area contributed by atoms with E-state index in [0.29, 0.717) is 23.0 Å². The molecule has 0 saturated carbocycles. The maximum Gasteiger partial charge on any atom is 0.169 e. The number of aromatic nitrogens is 2. The van der Waals surface area contributed by atoms with E-state index in [0.717, 1.165) is 31.8 Å². The fourth-order valence-corrected chi connectivity index (χ4v) is 2.63. The summed E-state index contributed by atoms with van der Waals surface area (Å²) in [7, 11) is 0. The highest BCUT2D eigenvalue weighted by molar-refractivity contribution is 6.29. The Hall–Kier alpha value is -1.07. The van der Waals surface area contributed by atoms with Crippen LogP contribution in [0.25, 0.3) is 0 Å². The third-order valence-electron chi connectivity index (χ3n) is 3.18. The lowest BCUT2D eigenvalue weighted by atomic mass is 10.00. The first kappa shape index (κ1) is 10.1. The van der Waals surface area contributed by atoms with Gasteiger partial charge in [-0.2, -0.15) is 0 Å². The van der Waals surface area contributed by atoms with E-state index in [1.54, 1.807) is 6.07 Å². The Morgan fingerprint density at radius 1 is 1.44 bits per heavy atom. The van der Waals surface area contributed by atoms with Gasteiger partial charge in [-0.1, -0.05) is 11.6 Å². The predicted molar refractivity (Wildman–Crippen MR) is 61.5 cm³/mol. The molecule has 3 rings (SSSR count). The molecule has 2 saturated heterocycles. The summed E-state index contributed by atoms with van der Waals surface area (Å²) in [5.74, 6) is 1.04. The van der Waals surface area contributed by atoms with Gasteiger partial charge in [0.15, 0.2) is 11.0 Å². The number of rotatable bonds is 1. The highest BCUT2D eigenvalue weighted by Gasteiger charge is 2.34. The van der Waals surface area contributed by atoms with Crippen molar-refractivity contribution in [3.05, 3.63) is 11.2 Å². The number of nitrogens with two attached hydrogens (primary N) is 1. The largest absolute Gasteiger partial charge is 0.380 e. The van der Waals surface area contributed by atoms with Crippen LogP contribution < -0.4 is 10.6 Å². The van der Waals surface area contributed by atoms with Crippen LogP contribution in [0.3, 0.4) is 0 Å². The van der Waals surface area contributed by atoms with Crippen LogP contribution in [-0.4, -0.2) is 36.0 Å². The molecule has 0 amide bonds. The van der Waals surface area contributed by atoms with Crippen LogP contribution in [0.2, 0.25) is 5.15 Å². The average Bonchev–Trinajstić information content (AvgIpc) is 2.61. The minimum atomic E-state index is 0.324. The predicted octanol–water partition coefficient (Wildman–Crippen LogP) is 0.937. The molecule has 16 heavy (non-hydrogen) atoms. The van der Waals surface area contributed by atoms with Gasteiger partial charge in [0, 0.05) is 25.1 Å². The summed E-state index contributed by atoms with van der Waals surface area (Å²) in [6, 6.07) is 1.77. The quantitative estimate of drug-likeness (QED) is 0.792. The second kappa shape index (κ2) is 3.75. The van der Waals surface area contributed by atoms with E-state index in [-0.39, 0.29) is 0 Å². The second-order valence-electron chi connectivity index (χ2n) is 4.40. The van der Waals surface area contributed by atoms with Gasteiger partial charge in [-0.3, -0.25) is 0 Å². The molecular formula is C10H13ClN4O. The first-order valence-corrected chi connectivity index (χ1v) is 5.75. The van der Waals surface area contributed by atoms with Crippen LogP contribution in [0, 0.1) is 5.92 Å². The molecule has 2 unspecified atom stereocenters. The van der Waals surface area contributed by atoms with E-state index < -0.39 is 0 Å². The first-order valence-electron chi connectivity index (χ1n) is 5.37. The van der Waals surface area contributed by atoms with Gasteiger partial charge in [-0.05, 0) is 6.42 Å². The number of ether oxygens (including phenoxy) is 1. The number of nitrogen functional groups attached to an aromatic ring is 1. The van der Waals surface area contributed by atoms with Gasteiger partial charge in [0.05, 0.1) is 18.4 Å². The molecule has 0 aliphatic carbocycles. The topological polar surface area (TPSA) is 64.3 Å². The Morgan fingerprint density at radius 2 is 2.31 bits per heavy atom. The van der Waals surface area contributed by atoms with Crippen molar-refractivity contribution < 1.29 is 4.74 Å². The monoisotopic (exact) mass is 240 g/mol. The van der Waals surface area contributed by atoms with Crippen molar-refractivity contribution in [1.82, 2.24) is 10.2 Å². The molecule has 1 aromatic rings. The molecule has 0 spiro atoms. The molecule has 5 nitrogen and oxygen atoms in total. The number of piperidine rings is 1. The summed E-state index contributed by atoms with van der Waals surface area (Å²) >= 11 is 5.84. The Kier molecular flexibility index (Phi) is 2.37. The maximum atomic E-state index is 5.84. The average molecular weight is 241 g/mol. The molecule has 1 aromatic heterocycles. The molecule has 2 fully saturated rings. The lowest BCUT2D eigenvalue weighted by Crippen LogP contribution is -2.39. The van der Waals surface area contributed by atoms with Gasteiger partial charge in [-0.15, -0.1) is 10.2 Å². The highest BCUT2D eigenvalue weighted by atomic mass is 35.5. The Labute approximate surface area is 98.5 Å². The summed E-state index contributed by atoms with van der Waals surface area (Å²) in [6.45, 7) is 2.68. The second-order valence-corrected chi connectivity index (χ2v) is 4.79. The van der Waals surface area contributed by atoms with Crippen LogP contribution in [0.15, 0.2) is 6.07 Å². The summed E-state index contributed by atoms with van der Waals surface area (Å²) in [5.41, 5.74) is 6.69. The molecule has 0 aromatic carbocycles. The molecular weight excluding hydrogens is 228 g/mol. The van der Waals surface area contributed by atoms with Gasteiger partial charge in [0.2, 0.25) is 0 Å². The molecule has 2 aliphatic heterocycles. The van der Waals surface area contributed by atoms with Crippen LogP contribution in [0.1, 0.15) is 6.42 Å². The van der Waals surface area contributed by atoms with E-state index in [2.05, 4.69) is 15.1 Å². The molecule has 0 radical (unpaired) electrons. The van der Waals surface area contributed by atoms with Crippen molar-refractivity contribution in [2.45, 2.75) is 12.5 Å². The molecule has 2 aliphatic rings. The van der Waals surface area contributed by atoms with E-state index >= 15 is 0 Å². The number of halogens is 1. The maximum absolute atomic E-state index is 5.84. The van der Waals surface area contributed by atoms with Crippen molar-refractivity contribution >= 4 is 23.1 Å². The summed E-state index contributed by atoms with van der Waals surface area (Å²) in [4.78, 5) is 2.20. The highest BCUT2D eigenvalue weighted by Crippen LogP contribution is 2.32. The van der Waals surface area contributed by atoms with Crippen molar-refractivity contribution in [2.24, 2.45) is 5.92 Å². The van der Waals surface area contributed by atoms with Gasteiger partial charge in [0.25, 0.3) is 0 Å². The van der Waals surface area contributed by atoms with Crippen LogP contribution in [0.4, 0.5) is 11.5 Å². The molecule has 2 bridgehead atoms. The third kappa shape index (κ3) is 1.70. The Bertz CT molecular complexity index is 402. The van der Waals surface area contributed by atoms with Gasteiger partial charge < -0.3 is 15.4 Å². The molecule has 2 N–H and O–H groups in total. The van der Waals surface area contributed by atoms with Crippen LogP contribution in [0.5, 0.6) is 0 Å². The zero-order valence-electron chi connectivity index (χ0n) is 8.77. The van der Waals surface area contributed by atoms with Crippen LogP contribution in [-0.2, 0) is 4.74 Å². The number of fused-ring (bicyclic) bond motifs is 2. The molecule has 3 heterocycles. The van der Waals surface area contributed by atoms with E-state index in [1.807, 2.05) is 0 Å². The lowest BCUT2D eigenvalue weighted by Gasteiger charge is -2.32. The van der Waals surface area contributed by atoms with E-state index in [1.165, 1.54) is 0 Å². The SMILES string of the molecule is Nc1nnc(Cl)cc1N1CC2COC(C2)C1. The van der Waals surface area contributed by atoms with Crippen molar-refractivity contribution in [3.63, 3.8) is 0 Å². The molecule has 86 valence electrons. The van der Waals surface area contributed by atoms with Crippen LogP contribution >= 0.6 is 11.6 Å². The van der Waals surface area contributed by atoms with Gasteiger partial charge in [-0.25, -0.2) is 0 Å². The zero-order chi connectivity index (χ0) is 11.1. The van der Waals surface area contributed by atoms with Crippen molar-refractivity contribution in [2.75, 3.05) is 30.3 Å². The Balaban J connectivity index is 1.89. The lowest BCUT2D eigenvalue weighted by molar-refractivity contribution is 0.119. The summed E-state index contributed by atoms with van der Waals surface area (Å²) < 4.78 is 5.65. The minimum absolute atomic E-state index is 0.324. The fraction of sp³-hybridized carbons (Fsp3) is 0.600. The first-order chi connectivity index (χ1) is 7.72. The van der Waals surface area contributed by atoms with E-state index in [9.17, 15) is 0 Å². The van der Waals surface area contributed by atoms with Crippen molar-refractivity contribution in [1.29, 1.82) is 0 Å². The van der Waals surface area contributed by atoms with E-state index in [4.69, 9.17) is 22.1 Å². The van der Waals surface area contributed by atoms with Gasteiger partial charge in [0.1, 0.15) is 0 Å². The number of hydrogen-bond acceptors (Lipinski definition) is 5. The summed E-state index contributed by atoms with van der Waals surface area (Å²) in [6.07, 6.45) is 1.48.